The van der Waals surface area contributed by atoms with Crippen molar-refractivity contribution in [2.45, 2.75) is 13.5 Å². The molecule has 2 rings (SSSR count). The van der Waals surface area contributed by atoms with Crippen LogP contribution in [0.15, 0.2) is 28.7 Å². The standard InChI is InChI=1S/C11H11N3O3/c1-7-13-14-10(17-7)9-4-2-8(3-5-9)6-12-11(15)16/h2-5,12H,6H2,1H3,(H,15,16). The fourth-order valence-corrected chi connectivity index (χ4v) is 1.36. The van der Waals surface area contributed by atoms with E-state index in [4.69, 9.17) is 9.52 Å². The highest BCUT2D eigenvalue weighted by Gasteiger charge is 2.05. The van der Waals surface area contributed by atoms with Gasteiger partial charge in [-0.05, 0) is 17.7 Å². The highest BCUT2D eigenvalue weighted by molar-refractivity contribution is 5.64. The Morgan fingerprint density at radius 3 is 2.59 bits per heavy atom. The molecule has 2 aromatic rings. The van der Waals surface area contributed by atoms with Crippen LogP contribution in [0.1, 0.15) is 11.5 Å². The number of benzene rings is 1. The molecule has 1 heterocycles. The lowest BCUT2D eigenvalue weighted by Gasteiger charge is -2.01. The molecule has 0 saturated heterocycles. The fourth-order valence-electron chi connectivity index (χ4n) is 1.36. The zero-order chi connectivity index (χ0) is 12.3. The molecule has 0 bridgehead atoms. The molecule has 1 aromatic carbocycles. The minimum atomic E-state index is -1.04. The molecule has 0 aliphatic carbocycles. The predicted molar refractivity (Wildman–Crippen MR) is 59.3 cm³/mol. The summed E-state index contributed by atoms with van der Waals surface area (Å²) in [6.45, 7) is 2.00. The molecule has 0 aliphatic heterocycles. The number of rotatable bonds is 3. The Hall–Kier alpha value is -2.37. The van der Waals surface area contributed by atoms with Gasteiger partial charge >= 0.3 is 6.09 Å². The van der Waals surface area contributed by atoms with Crippen molar-refractivity contribution in [1.29, 1.82) is 0 Å². The fraction of sp³-hybridized carbons (Fsp3) is 0.182. The van der Waals surface area contributed by atoms with Crippen LogP contribution in [0.2, 0.25) is 0 Å². The molecule has 17 heavy (non-hydrogen) atoms. The largest absolute Gasteiger partial charge is 0.465 e. The van der Waals surface area contributed by atoms with Crippen LogP contribution in [0.4, 0.5) is 4.79 Å². The number of amides is 1. The first-order valence-electron chi connectivity index (χ1n) is 5.01. The van der Waals surface area contributed by atoms with Crippen LogP contribution in [-0.2, 0) is 6.54 Å². The van der Waals surface area contributed by atoms with Crippen LogP contribution in [0, 0.1) is 6.92 Å². The second-order valence-corrected chi connectivity index (χ2v) is 3.48. The van der Waals surface area contributed by atoms with Gasteiger partial charge in [0.15, 0.2) is 0 Å². The third-order valence-electron chi connectivity index (χ3n) is 2.17. The van der Waals surface area contributed by atoms with Crippen molar-refractivity contribution in [3.05, 3.63) is 35.7 Å². The minimum absolute atomic E-state index is 0.276. The zero-order valence-corrected chi connectivity index (χ0v) is 9.17. The average molecular weight is 233 g/mol. The molecular weight excluding hydrogens is 222 g/mol. The van der Waals surface area contributed by atoms with E-state index in [2.05, 4.69) is 15.5 Å². The summed E-state index contributed by atoms with van der Waals surface area (Å²) in [6.07, 6.45) is -1.04. The molecule has 1 aromatic heterocycles. The molecule has 0 saturated carbocycles. The smallest absolute Gasteiger partial charge is 0.404 e. The Balaban J connectivity index is 2.10. The van der Waals surface area contributed by atoms with Crippen molar-refractivity contribution < 1.29 is 14.3 Å². The quantitative estimate of drug-likeness (QED) is 0.844. The van der Waals surface area contributed by atoms with E-state index in [1.54, 1.807) is 6.92 Å². The second kappa shape index (κ2) is 4.65. The number of hydrogen-bond acceptors (Lipinski definition) is 4. The monoisotopic (exact) mass is 233 g/mol. The molecule has 1 amide bonds. The molecule has 0 fully saturated rings. The Morgan fingerprint density at radius 2 is 2.06 bits per heavy atom. The molecule has 0 spiro atoms. The van der Waals surface area contributed by atoms with Gasteiger partial charge in [-0.3, -0.25) is 0 Å². The SMILES string of the molecule is Cc1nnc(-c2ccc(CNC(=O)O)cc2)o1. The number of nitrogens with zero attached hydrogens (tertiary/aromatic N) is 2. The van der Waals surface area contributed by atoms with E-state index in [0.29, 0.717) is 11.8 Å². The van der Waals surface area contributed by atoms with Crippen LogP contribution >= 0.6 is 0 Å². The summed E-state index contributed by atoms with van der Waals surface area (Å²) in [6, 6.07) is 7.24. The summed E-state index contributed by atoms with van der Waals surface area (Å²) in [5.41, 5.74) is 1.68. The van der Waals surface area contributed by atoms with E-state index >= 15 is 0 Å². The minimum Gasteiger partial charge on any atom is -0.465 e. The molecule has 6 heteroatoms. The van der Waals surface area contributed by atoms with E-state index in [9.17, 15) is 4.79 Å². The Labute approximate surface area is 97.3 Å². The Kier molecular flexibility index (Phi) is 3.04. The normalized spacial score (nSPS) is 10.2. The van der Waals surface area contributed by atoms with Crippen LogP contribution in [-0.4, -0.2) is 21.4 Å². The summed E-state index contributed by atoms with van der Waals surface area (Å²) >= 11 is 0. The van der Waals surface area contributed by atoms with Gasteiger partial charge in [0, 0.05) is 19.0 Å². The van der Waals surface area contributed by atoms with E-state index in [-0.39, 0.29) is 6.54 Å². The Bertz CT molecular complexity index is 519. The first-order chi connectivity index (χ1) is 8.15. The lowest BCUT2D eigenvalue weighted by Crippen LogP contribution is -2.19. The Morgan fingerprint density at radius 1 is 1.35 bits per heavy atom. The highest BCUT2D eigenvalue weighted by atomic mass is 16.4. The van der Waals surface area contributed by atoms with Gasteiger partial charge in [0.1, 0.15) is 0 Å². The number of nitrogens with one attached hydrogen (secondary N) is 1. The predicted octanol–water partition coefficient (Wildman–Crippen LogP) is 1.81. The van der Waals surface area contributed by atoms with Gasteiger partial charge in [0.2, 0.25) is 11.8 Å². The summed E-state index contributed by atoms with van der Waals surface area (Å²) in [7, 11) is 0. The highest BCUT2D eigenvalue weighted by Crippen LogP contribution is 2.17. The zero-order valence-electron chi connectivity index (χ0n) is 9.17. The first-order valence-corrected chi connectivity index (χ1v) is 5.01. The van der Waals surface area contributed by atoms with Crippen molar-refractivity contribution in [1.82, 2.24) is 15.5 Å². The van der Waals surface area contributed by atoms with Crippen LogP contribution < -0.4 is 5.32 Å². The van der Waals surface area contributed by atoms with Gasteiger partial charge in [-0.1, -0.05) is 12.1 Å². The lowest BCUT2D eigenvalue weighted by atomic mass is 10.1. The van der Waals surface area contributed by atoms with Crippen LogP contribution in [0.25, 0.3) is 11.5 Å². The van der Waals surface area contributed by atoms with E-state index in [1.807, 2.05) is 24.3 Å². The average Bonchev–Trinajstić information content (AvgIpc) is 2.74. The molecule has 6 nitrogen and oxygen atoms in total. The van der Waals surface area contributed by atoms with Crippen molar-refractivity contribution in [2.24, 2.45) is 0 Å². The van der Waals surface area contributed by atoms with Gasteiger partial charge in [0.25, 0.3) is 0 Å². The topological polar surface area (TPSA) is 88.2 Å². The lowest BCUT2D eigenvalue weighted by molar-refractivity contribution is 0.194. The van der Waals surface area contributed by atoms with Crippen molar-refractivity contribution in [3.8, 4) is 11.5 Å². The molecular formula is C11H11N3O3. The van der Waals surface area contributed by atoms with Crippen LogP contribution in [0.5, 0.6) is 0 Å². The summed E-state index contributed by atoms with van der Waals surface area (Å²) in [5.74, 6) is 0.969. The van der Waals surface area contributed by atoms with Gasteiger partial charge < -0.3 is 14.8 Å². The third kappa shape index (κ3) is 2.81. The molecule has 2 N–H and O–H groups in total. The number of aryl methyl sites for hydroxylation is 1. The maximum Gasteiger partial charge on any atom is 0.404 e. The summed E-state index contributed by atoms with van der Waals surface area (Å²) in [4.78, 5) is 10.3. The number of aromatic nitrogens is 2. The van der Waals surface area contributed by atoms with Crippen molar-refractivity contribution in [3.63, 3.8) is 0 Å². The van der Waals surface area contributed by atoms with Gasteiger partial charge in [0.05, 0.1) is 0 Å². The maximum absolute atomic E-state index is 10.3. The molecule has 0 aliphatic rings. The number of carboxylic acid groups (broad SMARTS) is 1. The molecule has 0 atom stereocenters. The van der Waals surface area contributed by atoms with Gasteiger partial charge in [-0.15, -0.1) is 10.2 Å². The number of carbonyl (C=O) groups is 1. The molecule has 88 valence electrons. The van der Waals surface area contributed by atoms with E-state index in [1.165, 1.54) is 0 Å². The first kappa shape index (κ1) is 11.1. The second-order valence-electron chi connectivity index (χ2n) is 3.48. The summed E-state index contributed by atoms with van der Waals surface area (Å²) < 4.78 is 5.28. The van der Waals surface area contributed by atoms with Gasteiger partial charge in [-0.2, -0.15) is 0 Å². The van der Waals surface area contributed by atoms with Crippen LogP contribution in [0.3, 0.4) is 0 Å². The summed E-state index contributed by atoms with van der Waals surface area (Å²) in [5, 5.41) is 18.4. The van der Waals surface area contributed by atoms with E-state index in [0.717, 1.165) is 11.1 Å². The van der Waals surface area contributed by atoms with Crippen molar-refractivity contribution in [2.75, 3.05) is 0 Å². The van der Waals surface area contributed by atoms with E-state index < -0.39 is 6.09 Å². The number of hydrogen-bond donors (Lipinski definition) is 2. The molecule has 0 unspecified atom stereocenters. The maximum atomic E-state index is 10.3. The third-order valence-corrected chi connectivity index (χ3v) is 2.17. The van der Waals surface area contributed by atoms with Crippen molar-refractivity contribution >= 4 is 6.09 Å². The van der Waals surface area contributed by atoms with Gasteiger partial charge in [-0.25, -0.2) is 4.79 Å². The molecule has 0 radical (unpaired) electrons.